The van der Waals surface area contributed by atoms with Gasteiger partial charge < -0.3 is 15.0 Å². The van der Waals surface area contributed by atoms with Crippen molar-refractivity contribution in [1.29, 1.82) is 0 Å². The van der Waals surface area contributed by atoms with E-state index >= 15 is 0 Å². The molecule has 3 aromatic carbocycles. The lowest BCUT2D eigenvalue weighted by atomic mass is 10.1. The number of thioether (sulfide) groups is 1. The van der Waals surface area contributed by atoms with E-state index in [1.54, 1.807) is 43.3 Å². The molecular weight excluding hydrogens is 444 g/mol. The average Bonchev–Trinajstić information content (AvgIpc) is 2.82. The number of carbonyl (C=O) groups excluding carboxylic acids is 2. The van der Waals surface area contributed by atoms with Crippen molar-refractivity contribution in [3.63, 3.8) is 0 Å². The van der Waals surface area contributed by atoms with Crippen molar-refractivity contribution in [3.8, 4) is 5.75 Å². The van der Waals surface area contributed by atoms with Gasteiger partial charge in [-0.25, -0.2) is 0 Å². The second-order valence-electron chi connectivity index (χ2n) is 7.21. The normalized spacial score (nSPS) is 14.3. The van der Waals surface area contributed by atoms with Crippen LogP contribution in [0.25, 0.3) is 6.08 Å². The van der Waals surface area contributed by atoms with Crippen LogP contribution >= 0.6 is 23.4 Å². The van der Waals surface area contributed by atoms with Crippen LogP contribution in [-0.2, 0) is 11.3 Å². The number of fused-ring (bicyclic) bond motifs is 1. The summed E-state index contributed by atoms with van der Waals surface area (Å²) in [7, 11) is 3.32. The van der Waals surface area contributed by atoms with Crippen LogP contribution in [-0.4, -0.2) is 26.0 Å². The van der Waals surface area contributed by atoms with E-state index in [9.17, 15) is 9.59 Å². The maximum Gasteiger partial charge on any atom is 0.264 e. The first-order chi connectivity index (χ1) is 15.5. The van der Waals surface area contributed by atoms with Gasteiger partial charge in [-0.15, -0.1) is 0 Å². The average molecular weight is 465 g/mol. The number of hydrogen-bond acceptors (Lipinski definition) is 4. The van der Waals surface area contributed by atoms with Crippen LogP contribution in [0.3, 0.4) is 0 Å². The monoisotopic (exact) mass is 464 g/mol. The van der Waals surface area contributed by atoms with Gasteiger partial charge in [0.1, 0.15) is 5.75 Å². The number of nitrogens with one attached hydrogen (secondary N) is 1. The van der Waals surface area contributed by atoms with E-state index in [1.807, 2.05) is 48.5 Å². The quantitative estimate of drug-likeness (QED) is 0.514. The van der Waals surface area contributed by atoms with Gasteiger partial charge in [-0.3, -0.25) is 9.59 Å². The first-order valence-electron chi connectivity index (χ1n) is 9.93. The van der Waals surface area contributed by atoms with Gasteiger partial charge in [0.15, 0.2) is 0 Å². The number of amides is 2. The van der Waals surface area contributed by atoms with Crippen molar-refractivity contribution in [1.82, 2.24) is 5.32 Å². The molecule has 1 aliphatic heterocycles. The summed E-state index contributed by atoms with van der Waals surface area (Å²) in [5, 5.41) is 3.51. The minimum atomic E-state index is -0.202. The zero-order valence-electron chi connectivity index (χ0n) is 17.6. The Balaban J connectivity index is 1.51. The summed E-state index contributed by atoms with van der Waals surface area (Å²) in [6.07, 6.45) is 1.80. The summed E-state index contributed by atoms with van der Waals surface area (Å²) in [5.74, 6) is 0.424. The molecule has 0 unspecified atom stereocenters. The number of rotatable bonds is 5. The fourth-order valence-corrected chi connectivity index (χ4v) is 4.57. The molecule has 1 heterocycles. The minimum Gasteiger partial charge on any atom is -0.497 e. The maximum atomic E-state index is 12.9. The van der Waals surface area contributed by atoms with E-state index in [0.29, 0.717) is 27.7 Å². The van der Waals surface area contributed by atoms with Crippen LogP contribution in [0.4, 0.5) is 5.69 Å². The van der Waals surface area contributed by atoms with Gasteiger partial charge in [0.05, 0.1) is 17.7 Å². The number of anilines is 1. The molecule has 4 rings (SSSR count). The molecule has 0 saturated heterocycles. The van der Waals surface area contributed by atoms with E-state index in [1.165, 1.54) is 11.8 Å². The molecule has 5 nitrogen and oxygen atoms in total. The van der Waals surface area contributed by atoms with Crippen molar-refractivity contribution >= 4 is 46.9 Å². The van der Waals surface area contributed by atoms with E-state index in [0.717, 1.165) is 21.8 Å². The Labute approximate surface area is 196 Å². The van der Waals surface area contributed by atoms with Crippen LogP contribution in [0.15, 0.2) is 76.5 Å². The van der Waals surface area contributed by atoms with Crippen molar-refractivity contribution < 1.29 is 14.3 Å². The zero-order chi connectivity index (χ0) is 22.7. The number of likely N-dealkylation sites (N-methyl/N-ethyl adjacent to an activating group) is 1. The summed E-state index contributed by atoms with van der Waals surface area (Å²) < 4.78 is 5.15. The highest BCUT2D eigenvalue weighted by atomic mass is 35.5. The molecule has 0 aliphatic carbocycles. The van der Waals surface area contributed by atoms with E-state index in [2.05, 4.69) is 5.32 Å². The van der Waals surface area contributed by atoms with Crippen LogP contribution in [0.2, 0.25) is 5.02 Å². The molecule has 1 aliphatic rings. The highest BCUT2D eigenvalue weighted by Crippen LogP contribution is 2.42. The molecule has 0 saturated carbocycles. The van der Waals surface area contributed by atoms with E-state index in [4.69, 9.17) is 16.3 Å². The van der Waals surface area contributed by atoms with Gasteiger partial charge in [0, 0.05) is 29.1 Å². The molecule has 0 spiro atoms. The summed E-state index contributed by atoms with van der Waals surface area (Å²) in [5.41, 5.74) is 2.95. The second-order valence-corrected chi connectivity index (χ2v) is 8.70. The third kappa shape index (κ3) is 4.66. The molecule has 0 radical (unpaired) electrons. The Morgan fingerprint density at radius 3 is 2.59 bits per heavy atom. The Morgan fingerprint density at radius 1 is 1.12 bits per heavy atom. The predicted octanol–water partition coefficient (Wildman–Crippen LogP) is 5.39. The Hall–Kier alpha value is -3.22. The van der Waals surface area contributed by atoms with Crippen molar-refractivity contribution in [2.24, 2.45) is 0 Å². The lowest BCUT2D eigenvalue weighted by Gasteiger charge is -2.27. The lowest BCUT2D eigenvalue weighted by Crippen LogP contribution is -2.31. The van der Waals surface area contributed by atoms with Gasteiger partial charge in [-0.2, -0.15) is 0 Å². The van der Waals surface area contributed by atoms with Crippen molar-refractivity contribution in [3.05, 3.63) is 93.3 Å². The number of halogens is 1. The SMILES string of the molecule is COc1ccc(CNC(=O)c2ccc3c(c2)N(C)C(=O)/C(=C/c2ccccc2Cl)S3)cc1. The summed E-state index contributed by atoms with van der Waals surface area (Å²) in [4.78, 5) is 28.7. The molecule has 2 amide bonds. The topological polar surface area (TPSA) is 58.6 Å². The summed E-state index contributed by atoms with van der Waals surface area (Å²) in [6, 6.07) is 20.3. The maximum absolute atomic E-state index is 12.9. The first-order valence-corrected chi connectivity index (χ1v) is 11.1. The molecule has 3 aromatic rings. The van der Waals surface area contributed by atoms with E-state index in [-0.39, 0.29) is 11.8 Å². The van der Waals surface area contributed by atoms with Crippen LogP contribution in [0.1, 0.15) is 21.5 Å². The fraction of sp³-hybridized carbons (Fsp3) is 0.120. The van der Waals surface area contributed by atoms with Gasteiger partial charge in [-0.05, 0) is 53.6 Å². The lowest BCUT2D eigenvalue weighted by molar-refractivity contribution is -0.114. The predicted molar refractivity (Wildman–Crippen MR) is 129 cm³/mol. The van der Waals surface area contributed by atoms with Crippen molar-refractivity contribution in [2.45, 2.75) is 11.4 Å². The fourth-order valence-electron chi connectivity index (χ4n) is 3.30. The molecule has 162 valence electrons. The minimum absolute atomic E-state index is 0.141. The number of carbonyl (C=O) groups is 2. The number of hydrogen-bond donors (Lipinski definition) is 1. The molecular formula is C25H21ClN2O3S. The molecule has 0 aromatic heterocycles. The van der Waals surface area contributed by atoms with Gasteiger partial charge >= 0.3 is 0 Å². The number of nitrogens with zero attached hydrogens (tertiary/aromatic N) is 1. The van der Waals surface area contributed by atoms with Crippen LogP contribution in [0.5, 0.6) is 5.75 Å². The highest BCUT2D eigenvalue weighted by molar-refractivity contribution is 8.04. The third-order valence-electron chi connectivity index (χ3n) is 5.12. The second kappa shape index (κ2) is 9.51. The molecule has 1 N–H and O–H groups in total. The van der Waals surface area contributed by atoms with Crippen molar-refractivity contribution in [2.75, 3.05) is 19.1 Å². The van der Waals surface area contributed by atoms with Crippen LogP contribution < -0.4 is 15.0 Å². The number of methoxy groups -OCH3 is 1. The Kier molecular flexibility index (Phi) is 6.53. The Morgan fingerprint density at radius 2 is 1.88 bits per heavy atom. The van der Waals surface area contributed by atoms with E-state index < -0.39 is 0 Å². The largest absolute Gasteiger partial charge is 0.497 e. The smallest absolute Gasteiger partial charge is 0.264 e. The number of ether oxygens (including phenoxy) is 1. The molecule has 0 atom stereocenters. The first kappa shape index (κ1) is 22.0. The zero-order valence-corrected chi connectivity index (χ0v) is 19.2. The van der Waals surface area contributed by atoms with Gasteiger partial charge in [0.2, 0.25) is 0 Å². The molecule has 7 heteroatoms. The summed E-state index contributed by atoms with van der Waals surface area (Å²) >= 11 is 7.62. The molecule has 0 fully saturated rings. The molecule has 32 heavy (non-hydrogen) atoms. The molecule has 0 bridgehead atoms. The standard InChI is InChI=1S/C25H21ClN2O3S/c1-28-21-13-18(24(29)27-15-16-7-10-19(31-2)11-8-16)9-12-22(21)32-23(25(28)30)14-17-5-3-4-6-20(17)26/h3-14H,15H2,1-2H3,(H,27,29)/b23-14-. The van der Waals surface area contributed by atoms with Gasteiger partial charge in [0.25, 0.3) is 11.8 Å². The Bertz CT molecular complexity index is 1210. The van der Waals surface area contributed by atoms with Gasteiger partial charge in [-0.1, -0.05) is 53.7 Å². The third-order valence-corrected chi connectivity index (χ3v) is 6.54. The summed E-state index contributed by atoms with van der Waals surface area (Å²) in [6.45, 7) is 0.397. The highest BCUT2D eigenvalue weighted by Gasteiger charge is 2.27. The van der Waals surface area contributed by atoms with Crippen LogP contribution in [0, 0.1) is 0 Å². The number of benzene rings is 3.